The number of nitrogens with zero attached hydrogens (tertiary/aromatic N) is 2. The van der Waals surface area contributed by atoms with E-state index in [1.54, 1.807) is 0 Å². The number of anilines is 3. The van der Waals surface area contributed by atoms with Crippen LogP contribution in [0.3, 0.4) is 0 Å². The molecule has 318 valence electrons. The van der Waals surface area contributed by atoms with E-state index in [0.717, 1.165) is 39.4 Å². The number of rotatable bonds is 8. The first-order valence-corrected chi connectivity index (χ1v) is 23.4. The van der Waals surface area contributed by atoms with Crippen molar-refractivity contribution >= 4 is 71.2 Å². The Balaban J connectivity index is 0.990. The maximum atomic E-state index is 2.44. The average Bonchev–Trinajstić information content (AvgIpc) is 3.74. The molecule has 0 aliphatic heterocycles. The van der Waals surface area contributed by atoms with Crippen LogP contribution < -0.4 is 4.90 Å². The van der Waals surface area contributed by atoms with Gasteiger partial charge in [0.1, 0.15) is 0 Å². The number of para-hydroxylation sites is 1. The van der Waals surface area contributed by atoms with Crippen molar-refractivity contribution < 1.29 is 0 Å². The molecule has 12 aromatic carbocycles. The molecule has 68 heavy (non-hydrogen) atoms. The molecule has 0 saturated heterocycles. The molecule has 0 bridgehead atoms. The molecule has 0 saturated carbocycles. The van der Waals surface area contributed by atoms with Gasteiger partial charge in [-0.2, -0.15) is 0 Å². The lowest BCUT2D eigenvalue weighted by Crippen LogP contribution is -2.11. The zero-order chi connectivity index (χ0) is 45.0. The lowest BCUT2D eigenvalue weighted by Gasteiger charge is -2.29. The number of hydrogen-bond acceptors (Lipinski definition) is 1. The largest absolute Gasteiger partial charge is 0.310 e. The van der Waals surface area contributed by atoms with Crippen molar-refractivity contribution in [3.8, 4) is 50.2 Å². The summed E-state index contributed by atoms with van der Waals surface area (Å²) in [6.07, 6.45) is 0. The summed E-state index contributed by atoms with van der Waals surface area (Å²) >= 11 is 0. The van der Waals surface area contributed by atoms with E-state index in [-0.39, 0.29) is 0 Å². The van der Waals surface area contributed by atoms with E-state index in [2.05, 4.69) is 276 Å². The van der Waals surface area contributed by atoms with E-state index < -0.39 is 0 Å². The van der Waals surface area contributed by atoms with E-state index in [4.69, 9.17) is 0 Å². The molecule has 0 aliphatic rings. The molecule has 1 aromatic heterocycles. The first kappa shape index (κ1) is 39.4. The number of benzene rings is 12. The van der Waals surface area contributed by atoms with Crippen LogP contribution in [-0.4, -0.2) is 4.57 Å². The van der Waals surface area contributed by atoms with Gasteiger partial charge in [0, 0.05) is 33.4 Å². The van der Waals surface area contributed by atoms with Crippen LogP contribution >= 0.6 is 0 Å². The third-order valence-electron chi connectivity index (χ3n) is 13.7. The second kappa shape index (κ2) is 16.5. The molecule has 0 radical (unpaired) electrons. The summed E-state index contributed by atoms with van der Waals surface area (Å²) in [6, 6.07) is 97.7. The van der Waals surface area contributed by atoms with Gasteiger partial charge >= 0.3 is 0 Å². The van der Waals surface area contributed by atoms with Gasteiger partial charge in [0.25, 0.3) is 0 Å². The van der Waals surface area contributed by atoms with Gasteiger partial charge in [-0.3, -0.25) is 0 Å². The lowest BCUT2D eigenvalue weighted by atomic mass is 9.93. The van der Waals surface area contributed by atoms with Crippen molar-refractivity contribution in [3.63, 3.8) is 0 Å². The minimum Gasteiger partial charge on any atom is -0.310 e. The van der Waals surface area contributed by atoms with Gasteiger partial charge in [0.2, 0.25) is 0 Å². The van der Waals surface area contributed by atoms with Crippen molar-refractivity contribution in [1.82, 2.24) is 4.57 Å². The Labute approximate surface area is 395 Å². The summed E-state index contributed by atoms with van der Waals surface area (Å²) in [5.41, 5.74) is 16.2. The molecular weight excluding hydrogens is 821 g/mol. The molecule has 0 atom stereocenters. The van der Waals surface area contributed by atoms with E-state index >= 15 is 0 Å². The quantitative estimate of drug-likeness (QED) is 0.138. The number of aromatic nitrogens is 1. The standard InChI is InChI=1S/C66H44N2/c1-4-16-45(17-5-1)52-32-37-60(46-18-6-2-7-19-46)65(43-52)67(55-35-39-59-53(40-55)29-28-48-22-12-13-25-57(48)59)54-33-30-49(31-34-54)58-38-36-56(44-62(58)47-20-8-3-9-21-47)68-64-27-15-14-26-61(64)63-41-50-23-10-11-24-51(50)42-66(63)68/h1-44H. The Hall–Kier alpha value is -8.98. The Bertz CT molecular complexity index is 4000. The summed E-state index contributed by atoms with van der Waals surface area (Å²) in [5.74, 6) is 0. The maximum absolute atomic E-state index is 2.44. The zero-order valence-electron chi connectivity index (χ0n) is 37.3. The summed E-state index contributed by atoms with van der Waals surface area (Å²) in [7, 11) is 0. The number of fused-ring (bicyclic) bond motifs is 7. The second-order valence-electron chi connectivity index (χ2n) is 17.7. The molecule has 0 unspecified atom stereocenters. The molecule has 0 fully saturated rings. The fourth-order valence-corrected chi connectivity index (χ4v) is 10.5. The highest BCUT2D eigenvalue weighted by atomic mass is 15.1. The molecule has 0 amide bonds. The Kier molecular flexibility index (Phi) is 9.54. The maximum Gasteiger partial charge on any atom is 0.0547 e. The molecule has 1 heterocycles. The molecule has 13 rings (SSSR count). The van der Waals surface area contributed by atoms with Crippen molar-refractivity contribution in [2.45, 2.75) is 0 Å². The van der Waals surface area contributed by atoms with Gasteiger partial charge < -0.3 is 9.47 Å². The fraction of sp³-hybridized carbons (Fsp3) is 0. The van der Waals surface area contributed by atoms with Crippen LogP contribution in [0.4, 0.5) is 17.1 Å². The summed E-state index contributed by atoms with van der Waals surface area (Å²) in [6.45, 7) is 0. The molecule has 13 aromatic rings. The minimum absolute atomic E-state index is 1.08. The van der Waals surface area contributed by atoms with Crippen LogP contribution in [0.15, 0.2) is 267 Å². The Morgan fingerprint density at radius 3 is 1.54 bits per heavy atom. The van der Waals surface area contributed by atoms with Crippen LogP contribution in [0, 0.1) is 0 Å². The van der Waals surface area contributed by atoms with Crippen LogP contribution in [0.5, 0.6) is 0 Å². The van der Waals surface area contributed by atoms with Crippen molar-refractivity contribution in [3.05, 3.63) is 267 Å². The summed E-state index contributed by atoms with van der Waals surface area (Å²) < 4.78 is 2.44. The third kappa shape index (κ3) is 6.82. The Morgan fingerprint density at radius 1 is 0.250 bits per heavy atom. The first-order valence-electron chi connectivity index (χ1n) is 23.4. The van der Waals surface area contributed by atoms with Gasteiger partial charge in [0.05, 0.1) is 16.7 Å². The van der Waals surface area contributed by atoms with Crippen molar-refractivity contribution in [2.75, 3.05) is 4.90 Å². The Morgan fingerprint density at radius 2 is 0.794 bits per heavy atom. The minimum atomic E-state index is 1.08. The van der Waals surface area contributed by atoms with E-state index in [1.807, 2.05) is 0 Å². The van der Waals surface area contributed by atoms with Gasteiger partial charge in [-0.15, -0.1) is 0 Å². The number of hydrogen-bond donors (Lipinski definition) is 0. The molecule has 2 nitrogen and oxygen atoms in total. The predicted octanol–water partition coefficient (Wildman–Crippen LogP) is 18.4. The highest BCUT2D eigenvalue weighted by molar-refractivity contribution is 6.14. The predicted molar refractivity (Wildman–Crippen MR) is 290 cm³/mol. The van der Waals surface area contributed by atoms with Crippen LogP contribution in [0.25, 0.3) is 104 Å². The van der Waals surface area contributed by atoms with Crippen LogP contribution in [0.1, 0.15) is 0 Å². The van der Waals surface area contributed by atoms with Gasteiger partial charge in [-0.25, -0.2) is 0 Å². The second-order valence-corrected chi connectivity index (χ2v) is 17.7. The highest BCUT2D eigenvalue weighted by Crippen LogP contribution is 2.45. The third-order valence-corrected chi connectivity index (χ3v) is 13.7. The summed E-state index contributed by atoms with van der Waals surface area (Å²) in [5, 5.41) is 9.95. The topological polar surface area (TPSA) is 8.17 Å². The molecular formula is C66H44N2. The fourth-order valence-electron chi connectivity index (χ4n) is 10.5. The monoisotopic (exact) mass is 864 g/mol. The summed E-state index contributed by atoms with van der Waals surface area (Å²) in [4.78, 5) is 2.44. The smallest absolute Gasteiger partial charge is 0.0547 e. The molecule has 2 heteroatoms. The van der Waals surface area contributed by atoms with E-state index in [1.165, 1.54) is 81.9 Å². The molecule has 0 aliphatic carbocycles. The van der Waals surface area contributed by atoms with Crippen molar-refractivity contribution in [1.29, 1.82) is 0 Å². The van der Waals surface area contributed by atoms with Gasteiger partial charge in [0.15, 0.2) is 0 Å². The molecule has 0 N–H and O–H groups in total. The highest BCUT2D eigenvalue weighted by Gasteiger charge is 2.21. The van der Waals surface area contributed by atoms with Crippen LogP contribution in [0.2, 0.25) is 0 Å². The van der Waals surface area contributed by atoms with Crippen LogP contribution in [-0.2, 0) is 0 Å². The SMILES string of the molecule is c1ccc(-c2ccc(-c3ccccc3)c(N(c3ccc(-c4ccc(-n5c6ccccc6c6cc7ccccc7cc65)cc4-c4ccccc4)cc3)c3ccc4c(ccc5ccccc54)c3)c2)cc1. The molecule has 0 spiro atoms. The van der Waals surface area contributed by atoms with Gasteiger partial charge in [-0.1, -0.05) is 206 Å². The van der Waals surface area contributed by atoms with Crippen molar-refractivity contribution in [2.24, 2.45) is 0 Å². The lowest BCUT2D eigenvalue weighted by molar-refractivity contribution is 1.18. The van der Waals surface area contributed by atoms with E-state index in [9.17, 15) is 0 Å². The van der Waals surface area contributed by atoms with Gasteiger partial charge in [-0.05, 0) is 132 Å². The van der Waals surface area contributed by atoms with E-state index in [0.29, 0.717) is 0 Å². The average molecular weight is 865 g/mol. The zero-order valence-corrected chi connectivity index (χ0v) is 37.3. The first-order chi connectivity index (χ1) is 33.7. The normalized spacial score (nSPS) is 11.5.